The van der Waals surface area contributed by atoms with Gasteiger partial charge in [0.05, 0.1) is 6.07 Å². The molecule has 1 aromatic carbocycles. The van der Waals surface area contributed by atoms with Crippen LogP contribution in [0.25, 0.3) is 0 Å². The summed E-state index contributed by atoms with van der Waals surface area (Å²) in [5.74, 6) is 0. The van der Waals surface area contributed by atoms with Crippen LogP contribution in [0.2, 0.25) is 0 Å². The third kappa shape index (κ3) is 7.14. The van der Waals surface area contributed by atoms with Gasteiger partial charge >= 0.3 is 5.51 Å². The van der Waals surface area contributed by atoms with Gasteiger partial charge in [-0.15, -0.1) is 0 Å². The molecule has 2 nitrogen and oxygen atoms in total. The van der Waals surface area contributed by atoms with Crippen LogP contribution in [0.4, 0.5) is 13.2 Å². The Bertz CT molecular complexity index is 527. The lowest BCUT2D eigenvalue weighted by Gasteiger charge is -2.38. The van der Waals surface area contributed by atoms with Crippen molar-refractivity contribution < 1.29 is 13.2 Å². The number of nitrogens with zero attached hydrogens (tertiary/aromatic N) is 2. The maximum Gasteiger partial charge on any atom is 0.446 e. The second kappa shape index (κ2) is 9.33. The molecule has 0 atom stereocenters. The Hall–Kier alpha value is -1.19. The van der Waals surface area contributed by atoms with Crippen molar-refractivity contribution in [3.05, 3.63) is 29.8 Å². The summed E-state index contributed by atoms with van der Waals surface area (Å²) in [4.78, 5) is 2.52. The number of thioether (sulfide) groups is 1. The second-order valence-corrected chi connectivity index (χ2v) is 7.25. The van der Waals surface area contributed by atoms with Gasteiger partial charge < -0.3 is 0 Å². The molecule has 0 spiro atoms. The smallest absolute Gasteiger partial charge is 0.299 e. The molecular formula is C18H25F3N2S. The summed E-state index contributed by atoms with van der Waals surface area (Å²) in [7, 11) is 0. The van der Waals surface area contributed by atoms with E-state index in [1.165, 1.54) is 12.1 Å². The Kier molecular flexibility index (Phi) is 8.11. The van der Waals surface area contributed by atoms with Gasteiger partial charge in [0.15, 0.2) is 0 Å². The van der Waals surface area contributed by atoms with Crippen LogP contribution in [0.1, 0.15) is 45.6 Å². The van der Waals surface area contributed by atoms with Gasteiger partial charge in [0.25, 0.3) is 0 Å². The fourth-order valence-corrected chi connectivity index (χ4v) is 3.21. The quantitative estimate of drug-likeness (QED) is 0.633. The van der Waals surface area contributed by atoms with Crippen molar-refractivity contribution >= 4 is 11.8 Å². The van der Waals surface area contributed by atoms with Crippen LogP contribution in [0.15, 0.2) is 29.2 Å². The van der Waals surface area contributed by atoms with Crippen molar-refractivity contribution in [2.45, 2.75) is 57.0 Å². The highest BCUT2D eigenvalue weighted by Crippen LogP contribution is 2.37. The molecule has 1 aliphatic heterocycles. The van der Waals surface area contributed by atoms with Gasteiger partial charge in [-0.05, 0) is 60.8 Å². The molecule has 134 valence electrons. The van der Waals surface area contributed by atoms with Crippen molar-refractivity contribution in [2.24, 2.45) is 5.41 Å². The Morgan fingerprint density at radius 1 is 1.17 bits per heavy atom. The molecule has 1 aliphatic rings. The average molecular weight is 358 g/mol. The van der Waals surface area contributed by atoms with E-state index in [1.807, 2.05) is 13.8 Å². The number of alkyl halides is 3. The van der Waals surface area contributed by atoms with Gasteiger partial charge in [0.1, 0.15) is 0 Å². The van der Waals surface area contributed by atoms with E-state index < -0.39 is 5.51 Å². The molecule has 0 amide bonds. The number of piperidine rings is 1. The van der Waals surface area contributed by atoms with Crippen molar-refractivity contribution in [3.8, 4) is 6.07 Å². The van der Waals surface area contributed by atoms with E-state index in [0.717, 1.165) is 38.0 Å². The molecule has 0 aliphatic carbocycles. The van der Waals surface area contributed by atoms with Crippen LogP contribution in [0.5, 0.6) is 0 Å². The van der Waals surface area contributed by atoms with Crippen LogP contribution in [-0.2, 0) is 6.54 Å². The first-order valence-electron chi connectivity index (χ1n) is 8.24. The average Bonchev–Trinajstić information content (AvgIpc) is 2.52. The fourth-order valence-electron chi connectivity index (χ4n) is 2.67. The van der Waals surface area contributed by atoms with Crippen LogP contribution in [0.3, 0.4) is 0 Å². The minimum Gasteiger partial charge on any atom is -0.299 e. The zero-order valence-electron chi connectivity index (χ0n) is 14.5. The number of likely N-dealkylation sites (tertiary alicyclic amines) is 1. The number of hydrogen-bond donors (Lipinski definition) is 0. The van der Waals surface area contributed by atoms with E-state index in [-0.39, 0.29) is 22.1 Å². The largest absolute Gasteiger partial charge is 0.446 e. The maximum atomic E-state index is 12.3. The van der Waals surface area contributed by atoms with E-state index >= 15 is 0 Å². The van der Waals surface area contributed by atoms with Gasteiger partial charge in [0, 0.05) is 17.9 Å². The summed E-state index contributed by atoms with van der Waals surface area (Å²) in [6.07, 6.45) is 2.56. The molecule has 0 aromatic heterocycles. The SMILES string of the molecule is CC.CC1(CC#N)CCN(Cc2ccc(SC(F)(F)F)cc2)CC1. The monoisotopic (exact) mass is 358 g/mol. The molecule has 1 saturated heterocycles. The van der Waals surface area contributed by atoms with Crippen molar-refractivity contribution in [2.75, 3.05) is 13.1 Å². The van der Waals surface area contributed by atoms with Gasteiger partial charge in [-0.3, -0.25) is 4.90 Å². The molecule has 0 radical (unpaired) electrons. The van der Waals surface area contributed by atoms with Crippen LogP contribution in [-0.4, -0.2) is 23.5 Å². The summed E-state index contributed by atoms with van der Waals surface area (Å²) >= 11 is -0.0835. The molecule has 0 saturated carbocycles. The van der Waals surface area contributed by atoms with Gasteiger partial charge in [-0.1, -0.05) is 32.9 Å². The van der Waals surface area contributed by atoms with Crippen molar-refractivity contribution in [1.29, 1.82) is 5.26 Å². The zero-order chi connectivity index (χ0) is 18.2. The topological polar surface area (TPSA) is 27.0 Å². The van der Waals surface area contributed by atoms with Gasteiger partial charge in [-0.2, -0.15) is 18.4 Å². The number of hydrogen-bond acceptors (Lipinski definition) is 3. The van der Waals surface area contributed by atoms with E-state index in [0.29, 0.717) is 6.42 Å². The number of nitriles is 1. The summed E-state index contributed by atoms with van der Waals surface area (Å²) in [6.45, 7) is 8.75. The van der Waals surface area contributed by atoms with Gasteiger partial charge in [-0.25, -0.2) is 0 Å². The molecule has 0 N–H and O–H groups in total. The lowest BCUT2D eigenvalue weighted by atomic mass is 9.78. The first-order valence-corrected chi connectivity index (χ1v) is 9.05. The number of benzene rings is 1. The molecule has 6 heteroatoms. The second-order valence-electron chi connectivity index (χ2n) is 6.11. The summed E-state index contributed by atoms with van der Waals surface area (Å²) in [6, 6.07) is 8.83. The normalized spacial score (nSPS) is 17.5. The molecule has 1 fully saturated rings. The molecule has 1 heterocycles. The first-order chi connectivity index (χ1) is 11.3. The predicted molar refractivity (Wildman–Crippen MR) is 92.6 cm³/mol. The minimum absolute atomic E-state index is 0.0835. The highest BCUT2D eigenvalue weighted by Gasteiger charge is 2.30. The Labute approximate surface area is 147 Å². The van der Waals surface area contributed by atoms with Crippen molar-refractivity contribution in [1.82, 2.24) is 4.90 Å². The van der Waals surface area contributed by atoms with Crippen molar-refractivity contribution in [3.63, 3.8) is 0 Å². The van der Waals surface area contributed by atoms with E-state index in [1.54, 1.807) is 12.1 Å². The summed E-state index contributed by atoms with van der Waals surface area (Å²) in [5.41, 5.74) is -3.10. The Morgan fingerprint density at radius 2 is 1.71 bits per heavy atom. The number of rotatable bonds is 4. The van der Waals surface area contributed by atoms with Crippen LogP contribution in [0, 0.1) is 16.7 Å². The Balaban J connectivity index is 0.00000139. The summed E-state index contributed by atoms with van der Waals surface area (Å²) in [5, 5.41) is 8.85. The Morgan fingerprint density at radius 3 is 2.17 bits per heavy atom. The molecule has 2 rings (SSSR count). The summed E-state index contributed by atoms with van der Waals surface area (Å²) < 4.78 is 36.8. The highest BCUT2D eigenvalue weighted by atomic mass is 32.2. The molecular weight excluding hydrogens is 333 g/mol. The third-order valence-electron chi connectivity index (χ3n) is 4.13. The van der Waals surface area contributed by atoms with Crippen LogP contribution < -0.4 is 0 Å². The maximum absolute atomic E-state index is 12.3. The first kappa shape index (κ1) is 20.9. The molecule has 1 aromatic rings. The minimum atomic E-state index is -4.24. The zero-order valence-corrected chi connectivity index (χ0v) is 15.3. The lowest BCUT2D eigenvalue weighted by Crippen LogP contribution is -2.38. The fraction of sp³-hybridized carbons (Fsp3) is 0.611. The highest BCUT2D eigenvalue weighted by molar-refractivity contribution is 8.00. The van der Waals surface area contributed by atoms with Gasteiger partial charge in [0.2, 0.25) is 0 Å². The van der Waals surface area contributed by atoms with E-state index in [4.69, 9.17) is 5.26 Å². The number of halogens is 3. The standard InChI is InChI=1S/C16H19F3N2S.C2H6/c1-15(6-9-20)7-10-21(11-8-15)12-13-2-4-14(5-3-13)22-16(17,18)19;1-2/h2-5H,6-8,10-12H2,1H3;1-2H3. The third-order valence-corrected chi connectivity index (χ3v) is 4.87. The lowest BCUT2D eigenvalue weighted by molar-refractivity contribution is -0.0328. The molecule has 0 unspecified atom stereocenters. The van der Waals surface area contributed by atoms with E-state index in [9.17, 15) is 13.2 Å². The van der Waals surface area contributed by atoms with Crippen LogP contribution >= 0.6 is 11.8 Å². The predicted octanol–water partition coefficient (Wildman–Crippen LogP) is 5.84. The molecule has 0 bridgehead atoms. The molecule has 24 heavy (non-hydrogen) atoms. The van der Waals surface area contributed by atoms with E-state index in [2.05, 4.69) is 17.9 Å².